The molecule has 0 radical (unpaired) electrons. The van der Waals surface area contributed by atoms with Crippen LogP contribution >= 0.6 is 27.5 Å². The van der Waals surface area contributed by atoms with Gasteiger partial charge in [0.15, 0.2) is 0 Å². The van der Waals surface area contributed by atoms with Crippen LogP contribution in [0.2, 0.25) is 5.02 Å². The lowest BCUT2D eigenvalue weighted by molar-refractivity contribution is 0.402. The molecule has 1 aromatic heterocycles. The van der Waals surface area contributed by atoms with E-state index in [2.05, 4.69) is 21.1 Å². The van der Waals surface area contributed by atoms with E-state index in [1.54, 1.807) is 12.1 Å². The van der Waals surface area contributed by atoms with Crippen molar-refractivity contribution in [1.82, 2.24) is 5.16 Å². The van der Waals surface area contributed by atoms with E-state index in [0.717, 1.165) is 0 Å². The third-order valence-corrected chi connectivity index (χ3v) is 2.36. The average molecular weight is 276 g/mol. The minimum atomic E-state index is -0.446. The molecule has 1 aromatic carbocycles. The summed E-state index contributed by atoms with van der Waals surface area (Å²) < 4.78 is 18.2. The summed E-state index contributed by atoms with van der Waals surface area (Å²) in [6.07, 6.45) is 0. The summed E-state index contributed by atoms with van der Waals surface area (Å²) in [5.74, 6) is -0.446. The van der Waals surface area contributed by atoms with Gasteiger partial charge in [-0.05, 0) is 34.1 Å². The zero-order chi connectivity index (χ0) is 10.1. The maximum atomic E-state index is 12.8. The average Bonchev–Trinajstić information content (AvgIpc) is 2.57. The Morgan fingerprint density at radius 3 is 2.71 bits per heavy atom. The van der Waals surface area contributed by atoms with Crippen LogP contribution in [0.1, 0.15) is 0 Å². The number of aromatic nitrogens is 1. The number of hydrogen-bond donors (Lipinski definition) is 0. The number of nitrogens with zero attached hydrogens (tertiary/aromatic N) is 1. The number of benzene rings is 1. The fourth-order valence-corrected chi connectivity index (χ4v) is 1.51. The molecule has 0 bridgehead atoms. The van der Waals surface area contributed by atoms with Gasteiger partial charge in [0, 0.05) is 11.6 Å². The smallest absolute Gasteiger partial charge is 0.202 e. The van der Waals surface area contributed by atoms with Crippen LogP contribution in [0.4, 0.5) is 4.39 Å². The van der Waals surface area contributed by atoms with Gasteiger partial charge in [-0.1, -0.05) is 16.8 Å². The Morgan fingerprint density at radius 1 is 1.36 bits per heavy atom. The Hall–Kier alpha value is -0.870. The lowest BCUT2D eigenvalue weighted by Crippen LogP contribution is -1.80. The van der Waals surface area contributed by atoms with Crippen LogP contribution in [-0.4, -0.2) is 5.16 Å². The third-order valence-electron chi connectivity index (χ3n) is 1.70. The SMILES string of the molecule is Fc1ccc(-c2cc(Br)on2)cc1Cl. The van der Waals surface area contributed by atoms with Crippen LogP contribution in [0.5, 0.6) is 0 Å². The maximum absolute atomic E-state index is 12.8. The second kappa shape index (κ2) is 3.71. The van der Waals surface area contributed by atoms with Crippen molar-refractivity contribution in [3.63, 3.8) is 0 Å². The van der Waals surface area contributed by atoms with E-state index in [1.807, 2.05) is 0 Å². The molecule has 0 amide bonds. The minimum Gasteiger partial charge on any atom is -0.349 e. The van der Waals surface area contributed by atoms with Gasteiger partial charge in [0.2, 0.25) is 4.67 Å². The van der Waals surface area contributed by atoms with E-state index in [-0.39, 0.29) is 5.02 Å². The van der Waals surface area contributed by atoms with Gasteiger partial charge in [-0.15, -0.1) is 0 Å². The Balaban J connectivity index is 2.47. The van der Waals surface area contributed by atoms with Gasteiger partial charge in [0.25, 0.3) is 0 Å². The highest BCUT2D eigenvalue weighted by molar-refractivity contribution is 9.10. The van der Waals surface area contributed by atoms with E-state index >= 15 is 0 Å². The van der Waals surface area contributed by atoms with Crippen molar-refractivity contribution >= 4 is 27.5 Å². The molecule has 0 saturated heterocycles. The molecule has 72 valence electrons. The zero-order valence-corrected chi connectivity index (χ0v) is 9.14. The summed E-state index contributed by atoms with van der Waals surface area (Å²) in [4.78, 5) is 0. The standard InChI is InChI=1S/C9H4BrClFNO/c10-9-4-8(13-14-9)5-1-2-7(12)6(11)3-5/h1-4H. The fraction of sp³-hybridized carbons (Fsp3) is 0. The highest BCUT2D eigenvalue weighted by Crippen LogP contribution is 2.25. The van der Waals surface area contributed by atoms with Crippen molar-refractivity contribution in [2.75, 3.05) is 0 Å². The Morgan fingerprint density at radius 2 is 2.14 bits per heavy atom. The molecule has 0 spiro atoms. The second-order valence-electron chi connectivity index (χ2n) is 2.65. The van der Waals surface area contributed by atoms with Gasteiger partial charge in [-0.3, -0.25) is 0 Å². The minimum absolute atomic E-state index is 0.0709. The summed E-state index contributed by atoms with van der Waals surface area (Å²) in [6, 6.07) is 6.07. The highest BCUT2D eigenvalue weighted by Gasteiger charge is 2.07. The lowest BCUT2D eigenvalue weighted by Gasteiger charge is -1.96. The van der Waals surface area contributed by atoms with Crippen LogP contribution in [0.3, 0.4) is 0 Å². The van der Waals surface area contributed by atoms with Crippen molar-refractivity contribution in [2.24, 2.45) is 0 Å². The van der Waals surface area contributed by atoms with Gasteiger partial charge >= 0.3 is 0 Å². The summed E-state index contributed by atoms with van der Waals surface area (Å²) >= 11 is 8.75. The molecule has 2 aromatic rings. The van der Waals surface area contributed by atoms with Crippen molar-refractivity contribution in [2.45, 2.75) is 0 Å². The van der Waals surface area contributed by atoms with Gasteiger partial charge in [-0.2, -0.15) is 0 Å². The second-order valence-corrected chi connectivity index (χ2v) is 3.83. The molecule has 0 aliphatic heterocycles. The first-order chi connectivity index (χ1) is 6.66. The summed E-state index contributed by atoms with van der Waals surface area (Å²) in [6.45, 7) is 0. The van der Waals surface area contributed by atoms with Gasteiger partial charge in [0.05, 0.1) is 5.02 Å². The van der Waals surface area contributed by atoms with E-state index < -0.39 is 5.82 Å². The molecule has 0 aliphatic rings. The summed E-state index contributed by atoms with van der Waals surface area (Å²) in [5.41, 5.74) is 1.32. The molecule has 0 saturated carbocycles. The first-order valence-electron chi connectivity index (χ1n) is 3.74. The highest BCUT2D eigenvalue weighted by atomic mass is 79.9. The van der Waals surface area contributed by atoms with E-state index in [1.165, 1.54) is 12.1 Å². The van der Waals surface area contributed by atoms with Crippen LogP contribution in [-0.2, 0) is 0 Å². The predicted octanol–water partition coefficient (Wildman–Crippen LogP) is 3.90. The molecule has 0 N–H and O–H groups in total. The number of rotatable bonds is 1. The quantitative estimate of drug-likeness (QED) is 0.789. The number of halogens is 3. The maximum Gasteiger partial charge on any atom is 0.202 e. The van der Waals surface area contributed by atoms with Crippen molar-refractivity contribution in [3.05, 3.63) is 39.8 Å². The molecule has 1 heterocycles. The molecule has 5 heteroatoms. The molecule has 0 atom stereocenters. The van der Waals surface area contributed by atoms with Gasteiger partial charge in [0.1, 0.15) is 11.5 Å². The van der Waals surface area contributed by atoms with Crippen molar-refractivity contribution in [1.29, 1.82) is 0 Å². The Bertz CT molecular complexity index is 472. The zero-order valence-electron chi connectivity index (χ0n) is 6.80. The summed E-state index contributed by atoms with van der Waals surface area (Å²) in [5, 5.41) is 3.82. The summed E-state index contributed by atoms with van der Waals surface area (Å²) in [7, 11) is 0. The van der Waals surface area contributed by atoms with Crippen LogP contribution in [0.25, 0.3) is 11.3 Å². The molecule has 2 rings (SSSR count). The molecule has 14 heavy (non-hydrogen) atoms. The van der Waals surface area contributed by atoms with E-state index in [4.69, 9.17) is 16.1 Å². The van der Waals surface area contributed by atoms with Gasteiger partial charge in [-0.25, -0.2) is 4.39 Å². The molecule has 0 aliphatic carbocycles. The Labute approximate surface area is 92.8 Å². The third kappa shape index (κ3) is 1.81. The fourth-order valence-electron chi connectivity index (χ4n) is 1.04. The van der Waals surface area contributed by atoms with Gasteiger partial charge < -0.3 is 4.52 Å². The van der Waals surface area contributed by atoms with Crippen LogP contribution in [0, 0.1) is 5.82 Å². The molecule has 2 nitrogen and oxygen atoms in total. The van der Waals surface area contributed by atoms with Crippen molar-refractivity contribution in [3.8, 4) is 11.3 Å². The molecular formula is C9H4BrClFNO. The molecular weight excluding hydrogens is 272 g/mol. The van der Waals surface area contributed by atoms with Crippen molar-refractivity contribution < 1.29 is 8.91 Å². The largest absolute Gasteiger partial charge is 0.349 e. The molecule has 0 fully saturated rings. The topological polar surface area (TPSA) is 26.0 Å². The lowest BCUT2D eigenvalue weighted by atomic mass is 10.1. The van der Waals surface area contributed by atoms with Crippen LogP contribution in [0.15, 0.2) is 33.5 Å². The van der Waals surface area contributed by atoms with E-state index in [9.17, 15) is 4.39 Å². The first kappa shape index (κ1) is 9.68. The van der Waals surface area contributed by atoms with E-state index in [0.29, 0.717) is 15.9 Å². The molecule has 0 unspecified atom stereocenters. The normalized spacial score (nSPS) is 10.5. The Kier molecular flexibility index (Phi) is 2.56. The first-order valence-corrected chi connectivity index (χ1v) is 4.91. The number of hydrogen-bond acceptors (Lipinski definition) is 2. The predicted molar refractivity (Wildman–Crippen MR) is 54.6 cm³/mol. The van der Waals surface area contributed by atoms with Crippen LogP contribution < -0.4 is 0 Å². The monoisotopic (exact) mass is 275 g/mol.